The molecule has 0 saturated heterocycles. The Morgan fingerprint density at radius 2 is 1.77 bits per heavy atom. The van der Waals surface area contributed by atoms with E-state index in [0.717, 1.165) is 0 Å². The molecule has 0 N–H and O–H groups in total. The fourth-order valence-corrected chi connectivity index (χ4v) is 3.80. The molecule has 2 heteroatoms. The molecule has 0 bridgehead atoms. The Labute approximate surface area is 84.9 Å². The highest BCUT2D eigenvalue weighted by Crippen LogP contribution is 2.50. The second-order valence-corrected chi connectivity index (χ2v) is 9.40. The summed E-state index contributed by atoms with van der Waals surface area (Å²) < 4.78 is 2.97. The lowest BCUT2D eigenvalue weighted by Gasteiger charge is -2.22. The standard InChI is InChI=1S/C11H14S2/c1-13(2,3)11-8-9-6-4-5-7-10(9)12-11/h4-8H,1-3H3. The van der Waals surface area contributed by atoms with Crippen molar-refractivity contribution in [1.82, 2.24) is 0 Å². The SMILES string of the molecule is CS(C)(C)c1cc2ccccc2s1. The predicted octanol–water partition coefficient (Wildman–Crippen LogP) is 3.95. The minimum Gasteiger partial charge on any atom is -0.214 e. The Hall–Kier alpha value is -0.470. The number of hydrogen-bond acceptors (Lipinski definition) is 1. The molecule has 0 radical (unpaired) electrons. The van der Waals surface area contributed by atoms with Gasteiger partial charge in [0.1, 0.15) is 0 Å². The molecule has 0 aliphatic heterocycles. The van der Waals surface area contributed by atoms with Crippen LogP contribution in [0.4, 0.5) is 0 Å². The van der Waals surface area contributed by atoms with E-state index in [-0.39, 0.29) is 0 Å². The lowest BCUT2D eigenvalue weighted by Crippen LogP contribution is -1.87. The summed E-state index contributed by atoms with van der Waals surface area (Å²) >= 11 is 1.94. The van der Waals surface area contributed by atoms with Gasteiger partial charge in [0.2, 0.25) is 0 Å². The third-order valence-electron chi connectivity index (χ3n) is 2.01. The monoisotopic (exact) mass is 210 g/mol. The zero-order valence-electron chi connectivity index (χ0n) is 8.20. The van der Waals surface area contributed by atoms with E-state index in [9.17, 15) is 0 Å². The molecule has 1 heterocycles. The van der Waals surface area contributed by atoms with Crippen LogP contribution in [0.1, 0.15) is 0 Å². The lowest BCUT2D eigenvalue weighted by molar-refractivity contribution is 1.70. The first-order valence-electron chi connectivity index (χ1n) is 4.24. The highest BCUT2D eigenvalue weighted by molar-refractivity contribution is 8.33. The van der Waals surface area contributed by atoms with E-state index >= 15 is 0 Å². The summed E-state index contributed by atoms with van der Waals surface area (Å²) in [7, 11) is -0.546. The van der Waals surface area contributed by atoms with Crippen LogP contribution < -0.4 is 0 Å². The van der Waals surface area contributed by atoms with E-state index in [1.807, 2.05) is 11.3 Å². The van der Waals surface area contributed by atoms with Gasteiger partial charge in [-0.2, -0.15) is 0 Å². The third kappa shape index (κ3) is 1.74. The fourth-order valence-electron chi connectivity index (χ4n) is 1.26. The van der Waals surface area contributed by atoms with E-state index in [4.69, 9.17) is 0 Å². The molecule has 0 atom stereocenters. The summed E-state index contributed by atoms with van der Waals surface area (Å²) in [5.74, 6) is 0. The Kier molecular flexibility index (Phi) is 2.12. The molecule has 1 aromatic heterocycles. The predicted molar refractivity (Wildman–Crippen MR) is 65.5 cm³/mol. The maximum Gasteiger partial charge on any atom is 0.0434 e. The molecule has 0 amide bonds. The molecule has 1 aromatic carbocycles. The van der Waals surface area contributed by atoms with Gasteiger partial charge in [0.05, 0.1) is 0 Å². The molecular formula is C11H14S2. The van der Waals surface area contributed by atoms with Gasteiger partial charge in [-0.25, -0.2) is 10.0 Å². The summed E-state index contributed by atoms with van der Waals surface area (Å²) in [6.45, 7) is 0. The van der Waals surface area contributed by atoms with Crippen molar-refractivity contribution >= 4 is 31.5 Å². The van der Waals surface area contributed by atoms with E-state index in [2.05, 4.69) is 49.1 Å². The normalized spacial score (nSPS) is 13.5. The van der Waals surface area contributed by atoms with E-state index in [0.29, 0.717) is 0 Å². The van der Waals surface area contributed by atoms with Crippen molar-refractivity contribution in [2.45, 2.75) is 4.21 Å². The van der Waals surface area contributed by atoms with Crippen LogP contribution in [-0.4, -0.2) is 18.8 Å². The number of hydrogen-bond donors (Lipinski definition) is 0. The smallest absolute Gasteiger partial charge is 0.0434 e. The molecule has 0 unspecified atom stereocenters. The van der Waals surface area contributed by atoms with Gasteiger partial charge in [-0.15, -0.1) is 11.3 Å². The summed E-state index contributed by atoms with van der Waals surface area (Å²) in [4.78, 5) is 0. The average molecular weight is 210 g/mol. The molecule has 0 saturated carbocycles. The molecule has 0 aliphatic carbocycles. The summed E-state index contributed by atoms with van der Waals surface area (Å²) in [6.07, 6.45) is 7.03. The van der Waals surface area contributed by atoms with Crippen LogP contribution in [0.25, 0.3) is 10.1 Å². The van der Waals surface area contributed by atoms with Gasteiger partial charge in [-0.3, -0.25) is 0 Å². The van der Waals surface area contributed by atoms with Crippen molar-refractivity contribution in [3.63, 3.8) is 0 Å². The van der Waals surface area contributed by atoms with Crippen molar-refractivity contribution in [3.05, 3.63) is 30.3 Å². The van der Waals surface area contributed by atoms with Gasteiger partial charge in [-0.05, 0) is 36.3 Å². The Bertz CT molecular complexity index is 388. The van der Waals surface area contributed by atoms with Gasteiger partial charge in [0.25, 0.3) is 0 Å². The topological polar surface area (TPSA) is 0 Å². The Morgan fingerprint density at radius 3 is 2.38 bits per heavy atom. The average Bonchev–Trinajstić information content (AvgIpc) is 2.45. The van der Waals surface area contributed by atoms with Crippen molar-refractivity contribution < 1.29 is 0 Å². The maximum absolute atomic E-state index is 2.34. The molecule has 0 nitrogen and oxygen atoms in total. The van der Waals surface area contributed by atoms with Gasteiger partial charge in [0.15, 0.2) is 0 Å². The molecule has 13 heavy (non-hydrogen) atoms. The highest BCUT2D eigenvalue weighted by Gasteiger charge is 2.11. The fraction of sp³-hybridized carbons (Fsp3) is 0.273. The van der Waals surface area contributed by atoms with E-state index in [1.54, 1.807) is 4.21 Å². The van der Waals surface area contributed by atoms with Gasteiger partial charge in [-0.1, -0.05) is 18.2 Å². The van der Waals surface area contributed by atoms with Crippen LogP contribution in [-0.2, 0) is 0 Å². The van der Waals surface area contributed by atoms with E-state index in [1.165, 1.54) is 10.1 Å². The van der Waals surface area contributed by atoms with Crippen LogP contribution in [0, 0.1) is 0 Å². The zero-order valence-corrected chi connectivity index (χ0v) is 9.84. The van der Waals surface area contributed by atoms with Crippen molar-refractivity contribution in [3.8, 4) is 0 Å². The largest absolute Gasteiger partial charge is 0.214 e. The molecule has 70 valence electrons. The first kappa shape index (κ1) is 9.10. The summed E-state index contributed by atoms with van der Waals surface area (Å²) in [6, 6.07) is 11.0. The lowest BCUT2D eigenvalue weighted by atomic mass is 10.3. The second kappa shape index (κ2) is 3.03. The Balaban J connectivity index is 2.63. The highest BCUT2D eigenvalue weighted by atomic mass is 32.3. The quantitative estimate of drug-likeness (QED) is 0.668. The first-order chi connectivity index (χ1) is 6.07. The molecular weight excluding hydrogens is 196 g/mol. The van der Waals surface area contributed by atoms with Crippen molar-refractivity contribution in [1.29, 1.82) is 0 Å². The van der Waals surface area contributed by atoms with Crippen LogP contribution >= 0.6 is 21.4 Å². The summed E-state index contributed by atoms with van der Waals surface area (Å²) in [5, 5.41) is 1.39. The minimum atomic E-state index is -0.546. The molecule has 2 rings (SSSR count). The van der Waals surface area contributed by atoms with Crippen molar-refractivity contribution in [2.24, 2.45) is 0 Å². The molecule has 0 fully saturated rings. The minimum absolute atomic E-state index is 0.546. The van der Waals surface area contributed by atoms with Crippen LogP contribution in [0.15, 0.2) is 34.5 Å². The number of thiophene rings is 1. The number of benzene rings is 1. The van der Waals surface area contributed by atoms with Crippen LogP contribution in [0.2, 0.25) is 0 Å². The summed E-state index contributed by atoms with van der Waals surface area (Å²) in [5.41, 5.74) is 0. The number of fused-ring (bicyclic) bond motifs is 1. The first-order valence-corrected chi connectivity index (χ1v) is 7.92. The number of rotatable bonds is 1. The maximum atomic E-state index is 2.34. The van der Waals surface area contributed by atoms with Gasteiger partial charge < -0.3 is 0 Å². The van der Waals surface area contributed by atoms with Crippen LogP contribution in [0.5, 0.6) is 0 Å². The Morgan fingerprint density at radius 1 is 1.08 bits per heavy atom. The molecule has 2 aromatic rings. The second-order valence-electron chi connectivity index (χ2n) is 3.94. The third-order valence-corrected chi connectivity index (χ3v) is 5.99. The van der Waals surface area contributed by atoms with Crippen molar-refractivity contribution in [2.75, 3.05) is 18.8 Å². The van der Waals surface area contributed by atoms with Gasteiger partial charge in [0, 0.05) is 8.91 Å². The zero-order chi connectivity index (χ0) is 9.47. The van der Waals surface area contributed by atoms with E-state index < -0.39 is 10.0 Å². The molecule has 0 aliphatic rings. The van der Waals surface area contributed by atoms with Crippen LogP contribution in [0.3, 0.4) is 0 Å². The van der Waals surface area contributed by atoms with Gasteiger partial charge >= 0.3 is 0 Å². The molecule has 0 spiro atoms.